The van der Waals surface area contributed by atoms with Gasteiger partial charge in [-0.2, -0.15) is 0 Å². The molecule has 1 aromatic carbocycles. The Kier molecular flexibility index (Phi) is 8.01. The molecule has 0 N–H and O–H groups in total. The van der Waals surface area contributed by atoms with Crippen LogP contribution in [0.25, 0.3) is 0 Å². The first-order valence-electron chi connectivity index (χ1n) is 6.90. The predicted octanol–water partition coefficient (Wildman–Crippen LogP) is 4.42. The van der Waals surface area contributed by atoms with Crippen molar-refractivity contribution in [2.45, 2.75) is 46.1 Å². The van der Waals surface area contributed by atoms with Crippen molar-refractivity contribution in [2.75, 3.05) is 6.61 Å². The maximum atomic E-state index is 5.68. The first kappa shape index (κ1) is 14.8. The minimum absolute atomic E-state index is 0.701. The molecule has 0 aromatic heterocycles. The van der Waals surface area contributed by atoms with E-state index in [2.05, 4.69) is 37.8 Å². The molecule has 0 fully saturated rings. The number of hydrogen-bond donors (Lipinski definition) is 0. The zero-order valence-electron chi connectivity index (χ0n) is 11.6. The first-order valence-corrected chi connectivity index (χ1v) is 6.90. The lowest BCUT2D eigenvalue weighted by Gasteiger charge is -2.09. The van der Waals surface area contributed by atoms with E-state index in [9.17, 15) is 0 Å². The molecular formula is C17H24O. The van der Waals surface area contributed by atoms with Gasteiger partial charge in [-0.3, -0.25) is 0 Å². The Balaban J connectivity index is 2.03. The van der Waals surface area contributed by atoms with E-state index in [-0.39, 0.29) is 0 Å². The zero-order valence-corrected chi connectivity index (χ0v) is 11.6. The molecule has 0 spiro atoms. The lowest BCUT2D eigenvalue weighted by atomic mass is 10.0. The van der Waals surface area contributed by atoms with E-state index in [0.29, 0.717) is 5.92 Å². The topological polar surface area (TPSA) is 9.23 Å². The molecule has 1 rings (SSSR count). The van der Waals surface area contributed by atoms with Crippen LogP contribution in [0.1, 0.15) is 45.1 Å². The van der Waals surface area contributed by atoms with Gasteiger partial charge in [0.25, 0.3) is 0 Å². The third-order valence-electron chi connectivity index (χ3n) is 2.93. The van der Waals surface area contributed by atoms with E-state index in [1.54, 1.807) is 0 Å². The fourth-order valence-electron chi connectivity index (χ4n) is 1.73. The molecule has 1 heteroatoms. The summed E-state index contributed by atoms with van der Waals surface area (Å²) in [6.45, 7) is 5.94. The molecule has 98 valence electrons. The maximum Gasteiger partial charge on any atom is 0.0716 e. The van der Waals surface area contributed by atoms with Crippen molar-refractivity contribution in [1.82, 2.24) is 0 Å². The second-order valence-corrected chi connectivity index (χ2v) is 4.68. The molecule has 1 aromatic rings. The molecule has 0 aliphatic heterocycles. The van der Waals surface area contributed by atoms with Crippen LogP contribution in [0.15, 0.2) is 30.3 Å². The number of rotatable bonds is 7. The monoisotopic (exact) mass is 244 g/mol. The maximum absolute atomic E-state index is 5.68. The summed E-state index contributed by atoms with van der Waals surface area (Å²) in [4.78, 5) is 0. The van der Waals surface area contributed by atoms with Crippen molar-refractivity contribution in [1.29, 1.82) is 0 Å². The summed E-state index contributed by atoms with van der Waals surface area (Å²) in [6.07, 6.45) is 4.30. The number of benzene rings is 1. The highest BCUT2D eigenvalue weighted by atomic mass is 16.5. The standard InChI is InChI=1S/C17H24O/c1-3-4-5-7-10-16(2)13-14-18-15-17-11-8-6-9-12-17/h6,8-9,11-12,16H,3,7,10,13-15H2,1-2H3/t16-/m1/s1. The minimum Gasteiger partial charge on any atom is -0.377 e. The third-order valence-corrected chi connectivity index (χ3v) is 2.93. The van der Waals surface area contributed by atoms with E-state index in [0.717, 1.165) is 32.5 Å². The number of hydrogen-bond acceptors (Lipinski definition) is 1. The van der Waals surface area contributed by atoms with Gasteiger partial charge in [0.1, 0.15) is 0 Å². The highest BCUT2D eigenvalue weighted by Gasteiger charge is 2.01. The summed E-state index contributed by atoms with van der Waals surface area (Å²) >= 11 is 0. The van der Waals surface area contributed by atoms with Gasteiger partial charge in [-0.25, -0.2) is 0 Å². The van der Waals surface area contributed by atoms with Crippen molar-refractivity contribution in [3.63, 3.8) is 0 Å². The third kappa shape index (κ3) is 7.14. The summed E-state index contributed by atoms with van der Waals surface area (Å²) in [5.41, 5.74) is 1.25. The predicted molar refractivity (Wildman–Crippen MR) is 77.2 cm³/mol. The van der Waals surface area contributed by atoms with Gasteiger partial charge < -0.3 is 4.74 Å². The highest BCUT2D eigenvalue weighted by molar-refractivity contribution is 5.13. The van der Waals surface area contributed by atoms with Crippen LogP contribution in [0.4, 0.5) is 0 Å². The van der Waals surface area contributed by atoms with Crippen LogP contribution >= 0.6 is 0 Å². The fourth-order valence-corrected chi connectivity index (χ4v) is 1.73. The van der Waals surface area contributed by atoms with Gasteiger partial charge in [0.15, 0.2) is 0 Å². The van der Waals surface area contributed by atoms with Crippen molar-refractivity contribution in [3.05, 3.63) is 35.9 Å². The Labute approximate surface area is 112 Å². The van der Waals surface area contributed by atoms with Crippen LogP contribution in [0.2, 0.25) is 0 Å². The van der Waals surface area contributed by atoms with Crippen LogP contribution in [-0.2, 0) is 11.3 Å². The van der Waals surface area contributed by atoms with Crippen LogP contribution < -0.4 is 0 Å². The average molecular weight is 244 g/mol. The van der Waals surface area contributed by atoms with Crippen LogP contribution in [0.5, 0.6) is 0 Å². The molecule has 0 bridgehead atoms. The van der Waals surface area contributed by atoms with E-state index in [4.69, 9.17) is 4.74 Å². The van der Waals surface area contributed by atoms with E-state index >= 15 is 0 Å². The molecule has 0 heterocycles. The molecule has 0 saturated carbocycles. The Morgan fingerprint density at radius 1 is 1.11 bits per heavy atom. The Morgan fingerprint density at radius 3 is 2.61 bits per heavy atom. The molecule has 0 radical (unpaired) electrons. The van der Waals surface area contributed by atoms with Gasteiger partial charge >= 0.3 is 0 Å². The molecule has 0 amide bonds. The number of ether oxygens (including phenoxy) is 1. The Morgan fingerprint density at radius 2 is 1.89 bits per heavy atom. The average Bonchev–Trinajstić information content (AvgIpc) is 2.41. The van der Waals surface area contributed by atoms with Gasteiger partial charge in [0.05, 0.1) is 6.61 Å². The fraction of sp³-hybridized carbons (Fsp3) is 0.529. The normalized spacial score (nSPS) is 11.7. The van der Waals surface area contributed by atoms with E-state index in [1.165, 1.54) is 12.0 Å². The van der Waals surface area contributed by atoms with Gasteiger partial charge in [0.2, 0.25) is 0 Å². The van der Waals surface area contributed by atoms with Crippen molar-refractivity contribution in [3.8, 4) is 11.8 Å². The van der Waals surface area contributed by atoms with Gasteiger partial charge in [0, 0.05) is 19.4 Å². The zero-order chi connectivity index (χ0) is 13.1. The van der Waals surface area contributed by atoms with Gasteiger partial charge in [-0.05, 0) is 24.3 Å². The smallest absolute Gasteiger partial charge is 0.0716 e. The summed E-state index contributed by atoms with van der Waals surface area (Å²) in [6, 6.07) is 10.3. The second kappa shape index (κ2) is 9.74. The summed E-state index contributed by atoms with van der Waals surface area (Å²) < 4.78 is 5.68. The Bertz CT molecular complexity index is 358. The molecular weight excluding hydrogens is 220 g/mol. The van der Waals surface area contributed by atoms with Crippen LogP contribution in [0.3, 0.4) is 0 Å². The summed E-state index contributed by atoms with van der Waals surface area (Å²) in [7, 11) is 0. The molecule has 0 aliphatic rings. The highest BCUT2D eigenvalue weighted by Crippen LogP contribution is 2.10. The lowest BCUT2D eigenvalue weighted by molar-refractivity contribution is 0.108. The minimum atomic E-state index is 0.701. The Hall–Kier alpha value is -1.26. The van der Waals surface area contributed by atoms with Crippen molar-refractivity contribution >= 4 is 0 Å². The molecule has 18 heavy (non-hydrogen) atoms. The van der Waals surface area contributed by atoms with Crippen LogP contribution in [-0.4, -0.2) is 6.61 Å². The molecule has 1 nitrogen and oxygen atoms in total. The summed E-state index contributed by atoms with van der Waals surface area (Å²) in [5.74, 6) is 7.00. The SMILES string of the molecule is CCC#CCC[C@@H](C)CCOCc1ccccc1. The van der Waals surface area contributed by atoms with E-state index in [1.807, 2.05) is 18.2 Å². The first-order chi connectivity index (χ1) is 8.83. The lowest BCUT2D eigenvalue weighted by Crippen LogP contribution is -2.02. The molecule has 1 atom stereocenters. The summed E-state index contributed by atoms with van der Waals surface area (Å²) in [5, 5.41) is 0. The second-order valence-electron chi connectivity index (χ2n) is 4.68. The quantitative estimate of drug-likeness (QED) is 0.509. The van der Waals surface area contributed by atoms with Crippen molar-refractivity contribution < 1.29 is 4.74 Å². The molecule has 0 unspecified atom stereocenters. The van der Waals surface area contributed by atoms with Crippen molar-refractivity contribution in [2.24, 2.45) is 5.92 Å². The van der Waals surface area contributed by atoms with Gasteiger partial charge in [-0.15, -0.1) is 11.8 Å². The van der Waals surface area contributed by atoms with Crippen LogP contribution in [0, 0.1) is 17.8 Å². The molecule has 0 aliphatic carbocycles. The van der Waals surface area contributed by atoms with E-state index < -0.39 is 0 Å². The largest absolute Gasteiger partial charge is 0.377 e. The molecule has 0 saturated heterocycles. The van der Waals surface area contributed by atoms with Gasteiger partial charge in [-0.1, -0.05) is 44.2 Å².